The molecule has 4 nitrogen and oxygen atoms in total. The molecule has 0 aromatic heterocycles. The van der Waals surface area contributed by atoms with Crippen LogP contribution in [0.2, 0.25) is 0 Å². The van der Waals surface area contributed by atoms with Crippen LogP contribution in [0.15, 0.2) is 29.4 Å². The highest BCUT2D eigenvalue weighted by atomic mass is 16.5. The lowest BCUT2D eigenvalue weighted by atomic mass is 10.2. The van der Waals surface area contributed by atoms with Gasteiger partial charge >= 0.3 is 0 Å². The fraction of sp³-hybridized carbons (Fsp3) is 0.417. The summed E-state index contributed by atoms with van der Waals surface area (Å²) in [7, 11) is 1.46. The van der Waals surface area contributed by atoms with E-state index in [2.05, 4.69) is 12.1 Å². The first kappa shape index (κ1) is 12.4. The van der Waals surface area contributed by atoms with Crippen LogP contribution in [0.5, 0.6) is 5.75 Å². The normalized spacial score (nSPS) is 11.2. The summed E-state index contributed by atoms with van der Waals surface area (Å²) in [6.07, 6.45) is 2.16. The third kappa shape index (κ3) is 3.46. The van der Waals surface area contributed by atoms with Crippen LogP contribution in [0, 0.1) is 0 Å². The minimum absolute atomic E-state index is 0.195. The van der Waals surface area contributed by atoms with E-state index in [1.54, 1.807) is 12.1 Å². The quantitative estimate of drug-likeness (QED) is 0.274. The Labute approximate surface area is 95.5 Å². The Morgan fingerprint density at radius 1 is 1.31 bits per heavy atom. The molecule has 0 saturated heterocycles. The fourth-order valence-electron chi connectivity index (χ4n) is 1.24. The van der Waals surface area contributed by atoms with Gasteiger partial charge in [-0.3, -0.25) is 0 Å². The molecule has 0 spiro atoms. The molecular weight excluding hydrogens is 206 g/mol. The van der Waals surface area contributed by atoms with E-state index in [9.17, 15) is 0 Å². The number of methoxy groups -OCH3 is 1. The van der Waals surface area contributed by atoms with Crippen molar-refractivity contribution in [2.75, 3.05) is 13.7 Å². The number of hydrogen-bond acceptors (Lipinski definition) is 4. The van der Waals surface area contributed by atoms with E-state index in [0.717, 1.165) is 25.2 Å². The van der Waals surface area contributed by atoms with Gasteiger partial charge in [0, 0.05) is 5.56 Å². The van der Waals surface area contributed by atoms with Gasteiger partial charge in [-0.05, 0) is 35.8 Å². The van der Waals surface area contributed by atoms with Crippen LogP contribution in [-0.4, -0.2) is 24.8 Å². The van der Waals surface area contributed by atoms with Crippen LogP contribution in [0.4, 0.5) is 0 Å². The van der Waals surface area contributed by atoms with Gasteiger partial charge in [0.25, 0.3) is 5.90 Å². The van der Waals surface area contributed by atoms with Crippen molar-refractivity contribution in [3.05, 3.63) is 29.8 Å². The minimum Gasteiger partial charge on any atom is -0.494 e. The van der Waals surface area contributed by atoms with Crippen LogP contribution in [0.3, 0.4) is 0 Å². The highest BCUT2D eigenvalue weighted by Crippen LogP contribution is 2.13. The molecule has 0 radical (unpaired) electrons. The van der Waals surface area contributed by atoms with Crippen LogP contribution >= 0.6 is 0 Å². The van der Waals surface area contributed by atoms with Gasteiger partial charge in [0.15, 0.2) is 0 Å². The van der Waals surface area contributed by atoms with Crippen LogP contribution in [-0.2, 0) is 4.74 Å². The van der Waals surface area contributed by atoms with Gasteiger partial charge in [-0.2, -0.15) is 0 Å². The number of ether oxygens (including phenoxy) is 2. The Morgan fingerprint density at radius 2 is 2.00 bits per heavy atom. The van der Waals surface area contributed by atoms with Crippen molar-refractivity contribution in [3.8, 4) is 5.75 Å². The summed E-state index contributed by atoms with van der Waals surface area (Å²) >= 11 is 0. The first-order valence-electron chi connectivity index (χ1n) is 5.31. The SMILES string of the molecule is CCCCOc1ccc(/C(=N/O)OC)cc1. The zero-order chi connectivity index (χ0) is 11.8. The molecule has 4 heteroatoms. The highest BCUT2D eigenvalue weighted by molar-refractivity contribution is 5.93. The summed E-state index contributed by atoms with van der Waals surface area (Å²) in [5, 5.41) is 11.7. The van der Waals surface area contributed by atoms with Gasteiger partial charge in [-0.15, -0.1) is 0 Å². The highest BCUT2D eigenvalue weighted by Gasteiger charge is 2.03. The monoisotopic (exact) mass is 223 g/mol. The van der Waals surface area contributed by atoms with Crippen molar-refractivity contribution >= 4 is 5.90 Å². The summed E-state index contributed by atoms with van der Waals surface area (Å²) in [5.41, 5.74) is 0.716. The van der Waals surface area contributed by atoms with Crippen LogP contribution in [0.25, 0.3) is 0 Å². The molecule has 0 bridgehead atoms. The van der Waals surface area contributed by atoms with Gasteiger partial charge in [0.1, 0.15) is 5.75 Å². The number of benzene rings is 1. The zero-order valence-corrected chi connectivity index (χ0v) is 9.64. The summed E-state index contributed by atoms with van der Waals surface area (Å²) in [4.78, 5) is 0. The van der Waals surface area contributed by atoms with Crippen molar-refractivity contribution in [1.82, 2.24) is 0 Å². The van der Waals surface area contributed by atoms with E-state index < -0.39 is 0 Å². The maximum atomic E-state index is 8.65. The molecule has 0 aliphatic heterocycles. The Morgan fingerprint density at radius 3 is 2.50 bits per heavy atom. The van der Waals surface area contributed by atoms with E-state index in [1.807, 2.05) is 12.1 Å². The molecule has 0 saturated carbocycles. The molecule has 1 aromatic carbocycles. The first-order chi connectivity index (χ1) is 7.81. The van der Waals surface area contributed by atoms with Crippen LogP contribution in [0.1, 0.15) is 25.3 Å². The molecule has 0 aliphatic carbocycles. The number of unbranched alkanes of at least 4 members (excludes halogenated alkanes) is 1. The smallest absolute Gasteiger partial charge is 0.257 e. The second-order valence-corrected chi connectivity index (χ2v) is 3.34. The Balaban J connectivity index is 2.60. The van der Waals surface area contributed by atoms with Crippen molar-refractivity contribution in [3.63, 3.8) is 0 Å². The Hall–Kier alpha value is -1.71. The number of nitrogens with zero attached hydrogens (tertiary/aromatic N) is 1. The summed E-state index contributed by atoms with van der Waals surface area (Å²) in [6, 6.07) is 7.24. The van der Waals surface area contributed by atoms with Gasteiger partial charge in [-0.1, -0.05) is 13.3 Å². The summed E-state index contributed by atoms with van der Waals surface area (Å²) in [6.45, 7) is 2.84. The molecule has 0 heterocycles. The molecule has 1 N–H and O–H groups in total. The molecular formula is C12H17NO3. The second kappa shape index (κ2) is 6.71. The van der Waals surface area contributed by atoms with Crippen molar-refractivity contribution in [2.24, 2.45) is 5.16 Å². The zero-order valence-electron chi connectivity index (χ0n) is 9.64. The fourth-order valence-corrected chi connectivity index (χ4v) is 1.24. The van der Waals surface area contributed by atoms with Gasteiger partial charge in [0.2, 0.25) is 0 Å². The van der Waals surface area contributed by atoms with Gasteiger partial charge in [0.05, 0.1) is 13.7 Å². The number of hydrogen-bond donors (Lipinski definition) is 1. The average molecular weight is 223 g/mol. The molecule has 16 heavy (non-hydrogen) atoms. The molecule has 0 aliphatic rings. The molecule has 88 valence electrons. The van der Waals surface area contributed by atoms with E-state index in [0.29, 0.717) is 5.56 Å². The topological polar surface area (TPSA) is 51.0 Å². The largest absolute Gasteiger partial charge is 0.494 e. The average Bonchev–Trinajstić information content (AvgIpc) is 2.33. The minimum atomic E-state index is 0.195. The maximum Gasteiger partial charge on any atom is 0.257 e. The number of rotatable bonds is 5. The molecule has 0 amide bonds. The predicted octanol–water partition coefficient (Wildman–Crippen LogP) is 2.65. The van der Waals surface area contributed by atoms with Crippen molar-refractivity contribution < 1.29 is 14.7 Å². The molecule has 1 aromatic rings. The third-order valence-electron chi connectivity index (χ3n) is 2.15. The van der Waals surface area contributed by atoms with E-state index in [-0.39, 0.29) is 5.90 Å². The summed E-state index contributed by atoms with van der Waals surface area (Å²) < 4.78 is 10.4. The Kier molecular flexibility index (Phi) is 5.19. The first-order valence-corrected chi connectivity index (χ1v) is 5.31. The molecule has 0 fully saturated rings. The lowest BCUT2D eigenvalue weighted by Crippen LogP contribution is -2.03. The van der Waals surface area contributed by atoms with E-state index in [1.165, 1.54) is 7.11 Å². The maximum absolute atomic E-state index is 8.65. The number of oxime groups is 1. The second-order valence-electron chi connectivity index (χ2n) is 3.34. The predicted molar refractivity (Wildman–Crippen MR) is 62.2 cm³/mol. The van der Waals surface area contributed by atoms with Gasteiger partial charge < -0.3 is 14.7 Å². The lowest BCUT2D eigenvalue weighted by Gasteiger charge is -2.06. The van der Waals surface area contributed by atoms with E-state index in [4.69, 9.17) is 14.7 Å². The molecule has 0 unspecified atom stereocenters. The molecule has 1 rings (SSSR count). The summed E-state index contributed by atoms with van der Waals surface area (Å²) in [5.74, 6) is 1.01. The van der Waals surface area contributed by atoms with Crippen molar-refractivity contribution in [1.29, 1.82) is 0 Å². The standard InChI is InChI=1S/C12H17NO3/c1-3-4-9-16-11-7-5-10(6-8-11)12(13-14)15-2/h5-8,14H,3-4,9H2,1-2H3/b13-12-. The van der Waals surface area contributed by atoms with Crippen molar-refractivity contribution in [2.45, 2.75) is 19.8 Å². The third-order valence-corrected chi connectivity index (χ3v) is 2.15. The van der Waals surface area contributed by atoms with E-state index >= 15 is 0 Å². The molecule has 0 atom stereocenters. The van der Waals surface area contributed by atoms with Gasteiger partial charge in [-0.25, -0.2) is 0 Å². The van der Waals surface area contributed by atoms with Crippen LogP contribution < -0.4 is 4.74 Å². The Bertz CT molecular complexity index is 333. The lowest BCUT2D eigenvalue weighted by molar-refractivity contribution is 0.287.